The zero-order valence-corrected chi connectivity index (χ0v) is 20.5. The van der Waals surface area contributed by atoms with Gasteiger partial charge < -0.3 is 10.7 Å². The Kier molecular flexibility index (Phi) is 5.18. The lowest BCUT2D eigenvalue weighted by atomic mass is 9.48. The minimum atomic E-state index is 0.456. The van der Waals surface area contributed by atoms with Crippen LogP contribution < -0.4 is 5.73 Å². The highest BCUT2D eigenvalue weighted by Gasteiger charge is 2.51. The van der Waals surface area contributed by atoms with Crippen LogP contribution >= 0.6 is 22.6 Å². The van der Waals surface area contributed by atoms with E-state index in [9.17, 15) is 0 Å². The lowest BCUT2D eigenvalue weighted by Crippen LogP contribution is -2.48. The van der Waals surface area contributed by atoms with Crippen molar-refractivity contribution in [1.82, 2.24) is 4.98 Å². The Balaban J connectivity index is 1.44. The van der Waals surface area contributed by atoms with Gasteiger partial charge in [0, 0.05) is 20.2 Å². The molecule has 3 aromatic rings. The number of aryl methyl sites for hydroxylation is 1. The number of rotatable bonds is 6. The zero-order chi connectivity index (χ0) is 21.0. The van der Waals surface area contributed by atoms with Crippen LogP contribution in [0.25, 0.3) is 22.2 Å². The Morgan fingerprint density at radius 1 is 0.903 bits per heavy atom. The number of aromatic nitrogens is 1. The maximum atomic E-state index is 5.83. The number of halogens is 1. The molecule has 0 unspecified atom stereocenters. The summed E-state index contributed by atoms with van der Waals surface area (Å²) in [5, 5.41) is 1.46. The fourth-order valence-corrected chi connectivity index (χ4v) is 7.97. The van der Waals surface area contributed by atoms with Crippen molar-refractivity contribution in [2.24, 2.45) is 23.5 Å². The molecule has 7 rings (SSSR count). The average molecular weight is 524 g/mol. The molecule has 2 nitrogen and oxygen atoms in total. The number of benzene rings is 2. The Hall–Kier alpha value is -1.33. The van der Waals surface area contributed by atoms with Crippen molar-refractivity contribution in [3.63, 3.8) is 0 Å². The Bertz CT molecular complexity index is 1060. The van der Waals surface area contributed by atoms with Gasteiger partial charge in [0.05, 0.1) is 0 Å². The first-order valence-electron chi connectivity index (χ1n) is 12.2. The molecular weight excluding hydrogens is 491 g/mol. The number of nitrogens with two attached hydrogens (primary N) is 1. The molecule has 0 radical (unpaired) electrons. The number of nitrogens with one attached hydrogen (secondary N) is 1. The van der Waals surface area contributed by atoms with E-state index in [4.69, 9.17) is 5.73 Å². The molecule has 1 aromatic heterocycles. The van der Waals surface area contributed by atoms with Gasteiger partial charge in [-0.05, 0) is 151 Å². The summed E-state index contributed by atoms with van der Waals surface area (Å²) in [5.41, 5.74) is 13.3. The Labute approximate surface area is 199 Å². The molecule has 1 heterocycles. The van der Waals surface area contributed by atoms with Crippen molar-refractivity contribution in [1.29, 1.82) is 0 Å². The molecule has 4 aliphatic rings. The highest BCUT2D eigenvalue weighted by Crippen LogP contribution is 2.61. The van der Waals surface area contributed by atoms with Gasteiger partial charge in [-0.3, -0.25) is 0 Å². The van der Waals surface area contributed by atoms with Gasteiger partial charge in [0.25, 0.3) is 0 Å². The van der Waals surface area contributed by atoms with Gasteiger partial charge in [-0.1, -0.05) is 18.2 Å². The smallest absolute Gasteiger partial charge is 0.0497 e. The van der Waals surface area contributed by atoms with Crippen LogP contribution in [0.1, 0.15) is 62.5 Å². The van der Waals surface area contributed by atoms with E-state index in [1.165, 1.54) is 69.8 Å². The van der Waals surface area contributed by atoms with Gasteiger partial charge in [0.1, 0.15) is 0 Å². The van der Waals surface area contributed by atoms with Gasteiger partial charge >= 0.3 is 0 Å². The van der Waals surface area contributed by atoms with Crippen molar-refractivity contribution in [3.05, 3.63) is 57.2 Å². The molecule has 162 valence electrons. The predicted molar refractivity (Wildman–Crippen MR) is 138 cm³/mol. The summed E-state index contributed by atoms with van der Waals surface area (Å²) in [6.07, 6.45) is 12.2. The van der Waals surface area contributed by atoms with Crippen LogP contribution in [0.3, 0.4) is 0 Å². The normalized spacial score (nSPS) is 29.2. The van der Waals surface area contributed by atoms with E-state index < -0.39 is 0 Å². The van der Waals surface area contributed by atoms with Crippen molar-refractivity contribution in [2.75, 3.05) is 6.54 Å². The van der Waals surface area contributed by atoms with Crippen LogP contribution in [0.15, 0.2) is 42.5 Å². The summed E-state index contributed by atoms with van der Waals surface area (Å²) in [6, 6.07) is 16.4. The van der Waals surface area contributed by atoms with Crippen molar-refractivity contribution in [3.8, 4) is 11.3 Å². The third-order valence-electron chi connectivity index (χ3n) is 8.57. The number of H-pyrrole nitrogens is 1. The monoisotopic (exact) mass is 524 g/mol. The molecule has 0 saturated heterocycles. The molecule has 0 spiro atoms. The number of hydrogen-bond acceptors (Lipinski definition) is 1. The number of fused-ring (bicyclic) bond motifs is 1. The highest BCUT2D eigenvalue weighted by atomic mass is 127. The summed E-state index contributed by atoms with van der Waals surface area (Å²) < 4.78 is 1.28. The number of hydrogen-bond donors (Lipinski definition) is 2. The average Bonchev–Trinajstić information content (AvgIpc) is 3.11. The first kappa shape index (κ1) is 20.3. The van der Waals surface area contributed by atoms with E-state index in [2.05, 4.69) is 70.0 Å². The minimum Gasteiger partial charge on any atom is -0.354 e. The largest absolute Gasteiger partial charge is 0.354 e. The highest BCUT2D eigenvalue weighted by molar-refractivity contribution is 14.1. The van der Waals surface area contributed by atoms with Crippen molar-refractivity contribution >= 4 is 33.5 Å². The maximum absolute atomic E-state index is 5.83. The Morgan fingerprint density at radius 2 is 1.58 bits per heavy atom. The van der Waals surface area contributed by atoms with Gasteiger partial charge in [0.15, 0.2) is 0 Å². The first-order valence-corrected chi connectivity index (χ1v) is 13.3. The van der Waals surface area contributed by atoms with E-state index >= 15 is 0 Å². The fourth-order valence-electron chi connectivity index (χ4n) is 7.61. The molecule has 3 heteroatoms. The van der Waals surface area contributed by atoms with E-state index in [1.807, 2.05) is 0 Å². The van der Waals surface area contributed by atoms with Crippen LogP contribution in [0, 0.1) is 21.3 Å². The zero-order valence-electron chi connectivity index (χ0n) is 18.3. The molecule has 0 aliphatic heterocycles. The second-order valence-corrected chi connectivity index (χ2v) is 11.9. The molecular formula is C28H33IN2. The van der Waals surface area contributed by atoms with Crippen LogP contribution in [-0.2, 0) is 11.8 Å². The summed E-state index contributed by atoms with van der Waals surface area (Å²) in [5.74, 6) is 2.96. The summed E-state index contributed by atoms with van der Waals surface area (Å²) >= 11 is 2.39. The van der Waals surface area contributed by atoms with E-state index in [0.29, 0.717) is 5.41 Å². The van der Waals surface area contributed by atoms with Crippen molar-refractivity contribution < 1.29 is 0 Å². The topological polar surface area (TPSA) is 41.8 Å². The predicted octanol–water partition coefficient (Wildman–Crippen LogP) is 7.19. The second-order valence-electron chi connectivity index (χ2n) is 10.7. The van der Waals surface area contributed by atoms with Crippen LogP contribution in [0.2, 0.25) is 0 Å². The number of aromatic amines is 1. The van der Waals surface area contributed by atoms with E-state index in [0.717, 1.165) is 43.6 Å². The quantitative estimate of drug-likeness (QED) is 0.260. The van der Waals surface area contributed by atoms with E-state index in [1.54, 1.807) is 5.56 Å². The van der Waals surface area contributed by atoms with Crippen LogP contribution in [0.5, 0.6) is 0 Å². The SMILES string of the molecule is NCCCCc1c(-c2ccc(I)cc2)[nH]c2ccc(C34CC5CC(CC(C5)C3)C4)cc12. The maximum Gasteiger partial charge on any atom is 0.0497 e. The third kappa shape index (κ3) is 3.56. The van der Waals surface area contributed by atoms with Gasteiger partial charge in [-0.2, -0.15) is 0 Å². The van der Waals surface area contributed by atoms with Gasteiger partial charge in [-0.15, -0.1) is 0 Å². The molecule has 4 bridgehead atoms. The van der Waals surface area contributed by atoms with Crippen LogP contribution in [-0.4, -0.2) is 11.5 Å². The minimum absolute atomic E-state index is 0.456. The summed E-state index contributed by atoms with van der Waals surface area (Å²) in [4.78, 5) is 3.79. The van der Waals surface area contributed by atoms with Crippen molar-refractivity contribution in [2.45, 2.75) is 63.2 Å². The Morgan fingerprint density at radius 3 is 2.23 bits per heavy atom. The van der Waals surface area contributed by atoms with Gasteiger partial charge in [-0.25, -0.2) is 0 Å². The molecule has 0 atom stereocenters. The van der Waals surface area contributed by atoms with E-state index in [-0.39, 0.29) is 0 Å². The third-order valence-corrected chi connectivity index (χ3v) is 9.29. The molecule has 31 heavy (non-hydrogen) atoms. The summed E-state index contributed by atoms with van der Waals surface area (Å²) in [7, 11) is 0. The molecule has 4 aliphatic carbocycles. The van der Waals surface area contributed by atoms with Crippen LogP contribution in [0.4, 0.5) is 0 Å². The lowest BCUT2D eigenvalue weighted by Gasteiger charge is -2.57. The summed E-state index contributed by atoms with van der Waals surface area (Å²) in [6.45, 7) is 0.778. The lowest BCUT2D eigenvalue weighted by molar-refractivity contribution is -0.00513. The first-order chi connectivity index (χ1) is 15.1. The van der Waals surface area contributed by atoms with Gasteiger partial charge in [0.2, 0.25) is 0 Å². The molecule has 2 aromatic carbocycles. The molecule has 0 amide bonds. The second kappa shape index (κ2) is 7.91. The number of unbranched alkanes of at least 4 members (excludes halogenated alkanes) is 1. The molecule has 3 N–H and O–H groups in total. The standard InChI is InChI=1S/C28H33IN2/c29-23-7-4-21(5-8-23)27-24(3-1-2-10-30)25-14-22(6-9-26(25)31-27)28-15-18-11-19(16-28)13-20(12-18)17-28/h4-9,14,18-20,31H,1-3,10-13,15-17,30H2. The fraction of sp³-hybridized carbons (Fsp3) is 0.500. The molecule has 4 fully saturated rings. The molecule has 4 saturated carbocycles.